The van der Waals surface area contributed by atoms with E-state index >= 15 is 0 Å². The standard InChI is InChI=1S/C12H12ClN3O2S/c1-18-12(17)9-10(14)16-19-11(9)15-6-7-2-4-8(13)5-3-7/h2-5,15H,6H2,1H3,(H2,14,16). The molecule has 0 aliphatic carbocycles. The first-order valence-electron chi connectivity index (χ1n) is 5.43. The molecule has 0 radical (unpaired) electrons. The Hall–Kier alpha value is -1.79. The zero-order valence-electron chi connectivity index (χ0n) is 10.1. The van der Waals surface area contributed by atoms with Gasteiger partial charge < -0.3 is 15.8 Å². The molecule has 1 heterocycles. The summed E-state index contributed by atoms with van der Waals surface area (Å²) in [5.74, 6) is -0.319. The van der Waals surface area contributed by atoms with Crippen LogP contribution in [0.25, 0.3) is 0 Å². The molecule has 5 nitrogen and oxygen atoms in total. The molecule has 19 heavy (non-hydrogen) atoms. The lowest BCUT2D eigenvalue weighted by molar-refractivity contribution is 0.0603. The van der Waals surface area contributed by atoms with Crippen molar-refractivity contribution < 1.29 is 9.53 Å². The lowest BCUT2D eigenvalue weighted by Crippen LogP contribution is -2.08. The van der Waals surface area contributed by atoms with Crippen LogP contribution in [-0.2, 0) is 11.3 Å². The lowest BCUT2D eigenvalue weighted by Gasteiger charge is -2.06. The van der Waals surface area contributed by atoms with Gasteiger partial charge in [-0.25, -0.2) is 4.79 Å². The van der Waals surface area contributed by atoms with Gasteiger partial charge in [0.25, 0.3) is 0 Å². The minimum absolute atomic E-state index is 0.176. The van der Waals surface area contributed by atoms with Gasteiger partial charge in [0, 0.05) is 11.6 Å². The number of hydrogen-bond donors (Lipinski definition) is 2. The zero-order chi connectivity index (χ0) is 13.8. The minimum Gasteiger partial charge on any atom is -0.465 e. The van der Waals surface area contributed by atoms with Gasteiger partial charge in [0.05, 0.1) is 7.11 Å². The monoisotopic (exact) mass is 297 g/mol. The number of nitrogens with one attached hydrogen (secondary N) is 1. The average Bonchev–Trinajstić information content (AvgIpc) is 2.78. The van der Waals surface area contributed by atoms with E-state index < -0.39 is 5.97 Å². The van der Waals surface area contributed by atoms with Gasteiger partial charge in [-0.1, -0.05) is 23.7 Å². The fourth-order valence-corrected chi connectivity index (χ4v) is 2.33. The minimum atomic E-state index is -0.496. The van der Waals surface area contributed by atoms with E-state index in [9.17, 15) is 4.79 Å². The van der Waals surface area contributed by atoms with Crippen molar-refractivity contribution in [3.8, 4) is 0 Å². The number of carbonyl (C=O) groups is 1. The van der Waals surface area contributed by atoms with E-state index in [2.05, 4.69) is 14.4 Å². The van der Waals surface area contributed by atoms with E-state index in [0.29, 0.717) is 16.6 Å². The molecule has 0 unspecified atom stereocenters. The number of nitrogens with zero attached hydrogens (tertiary/aromatic N) is 1. The van der Waals surface area contributed by atoms with Gasteiger partial charge in [-0.15, -0.1) is 0 Å². The van der Waals surface area contributed by atoms with Crippen LogP contribution in [0.5, 0.6) is 0 Å². The second-order valence-electron chi connectivity index (χ2n) is 3.74. The molecular weight excluding hydrogens is 286 g/mol. The molecule has 0 aliphatic heterocycles. The van der Waals surface area contributed by atoms with Gasteiger partial charge in [0.15, 0.2) is 5.82 Å². The second-order valence-corrected chi connectivity index (χ2v) is 4.95. The molecule has 0 aliphatic rings. The van der Waals surface area contributed by atoms with E-state index in [0.717, 1.165) is 17.1 Å². The van der Waals surface area contributed by atoms with E-state index in [1.807, 2.05) is 12.1 Å². The number of esters is 1. The first-order chi connectivity index (χ1) is 9.11. The number of rotatable bonds is 4. The molecule has 100 valence electrons. The molecule has 2 aromatic rings. The summed E-state index contributed by atoms with van der Waals surface area (Å²) in [7, 11) is 1.31. The van der Waals surface area contributed by atoms with E-state index in [4.69, 9.17) is 17.3 Å². The summed E-state index contributed by atoms with van der Waals surface area (Å²) in [4.78, 5) is 11.6. The van der Waals surface area contributed by atoms with Crippen molar-refractivity contribution in [1.82, 2.24) is 4.37 Å². The Labute approximate surface area is 119 Å². The molecule has 1 aromatic heterocycles. The largest absolute Gasteiger partial charge is 0.465 e. The molecule has 0 spiro atoms. The average molecular weight is 298 g/mol. The van der Waals surface area contributed by atoms with Crippen molar-refractivity contribution in [3.05, 3.63) is 40.4 Å². The van der Waals surface area contributed by atoms with Crippen LogP contribution in [-0.4, -0.2) is 17.5 Å². The van der Waals surface area contributed by atoms with Gasteiger partial charge in [0.2, 0.25) is 0 Å². The predicted octanol–water partition coefficient (Wildman–Crippen LogP) is 2.78. The fraction of sp³-hybridized carbons (Fsp3) is 0.167. The summed E-state index contributed by atoms with van der Waals surface area (Å²) in [6, 6.07) is 7.41. The van der Waals surface area contributed by atoms with Gasteiger partial charge >= 0.3 is 5.97 Å². The number of carbonyl (C=O) groups excluding carboxylic acids is 1. The number of aromatic nitrogens is 1. The number of nitrogen functional groups attached to an aromatic ring is 1. The summed E-state index contributed by atoms with van der Waals surface area (Å²) in [6.45, 7) is 0.544. The molecule has 0 amide bonds. The summed E-state index contributed by atoms with van der Waals surface area (Å²) < 4.78 is 8.62. The van der Waals surface area contributed by atoms with Crippen LogP contribution < -0.4 is 11.1 Å². The topological polar surface area (TPSA) is 77.2 Å². The number of anilines is 2. The molecule has 2 rings (SSSR count). The van der Waals surface area contributed by atoms with Crippen LogP contribution in [0.1, 0.15) is 15.9 Å². The summed E-state index contributed by atoms with van der Waals surface area (Å²) in [6.07, 6.45) is 0. The van der Waals surface area contributed by atoms with Gasteiger partial charge in [-0.05, 0) is 29.2 Å². The van der Waals surface area contributed by atoms with Gasteiger partial charge in [0.1, 0.15) is 10.6 Å². The maximum atomic E-state index is 11.6. The lowest BCUT2D eigenvalue weighted by atomic mass is 10.2. The molecule has 3 N–H and O–H groups in total. The Bertz CT molecular complexity index is 583. The first-order valence-corrected chi connectivity index (χ1v) is 6.58. The van der Waals surface area contributed by atoms with Crippen molar-refractivity contribution in [2.45, 2.75) is 6.54 Å². The molecular formula is C12H12ClN3O2S. The molecule has 0 atom stereocenters. The highest BCUT2D eigenvalue weighted by atomic mass is 35.5. The number of ether oxygens (including phenoxy) is 1. The number of hydrogen-bond acceptors (Lipinski definition) is 6. The summed E-state index contributed by atoms with van der Waals surface area (Å²) in [5, 5.41) is 4.40. The Kier molecular flexibility index (Phi) is 4.24. The molecule has 0 bridgehead atoms. The number of benzene rings is 1. The zero-order valence-corrected chi connectivity index (χ0v) is 11.7. The number of halogens is 1. The van der Waals surface area contributed by atoms with Crippen molar-refractivity contribution in [1.29, 1.82) is 0 Å². The molecule has 7 heteroatoms. The van der Waals surface area contributed by atoms with E-state index in [1.165, 1.54) is 7.11 Å². The van der Waals surface area contributed by atoms with E-state index in [1.54, 1.807) is 12.1 Å². The van der Waals surface area contributed by atoms with Crippen LogP contribution in [0.2, 0.25) is 5.02 Å². The highest BCUT2D eigenvalue weighted by Gasteiger charge is 2.19. The van der Waals surface area contributed by atoms with Crippen molar-refractivity contribution in [2.24, 2.45) is 0 Å². The maximum absolute atomic E-state index is 11.6. The smallest absolute Gasteiger partial charge is 0.344 e. The Balaban J connectivity index is 2.11. The second kappa shape index (κ2) is 5.90. The third kappa shape index (κ3) is 3.15. The highest BCUT2D eigenvalue weighted by Crippen LogP contribution is 2.27. The SMILES string of the molecule is COC(=O)c1c(N)nsc1NCc1ccc(Cl)cc1. The molecule has 0 fully saturated rings. The van der Waals surface area contributed by atoms with Gasteiger partial charge in [-0.2, -0.15) is 4.37 Å². The Morgan fingerprint density at radius 2 is 2.16 bits per heavy atom. The van der Waals surface area contributed by atoms with E-state index in [-0.39, 0.29) is 11.4 Å². The molecule has 0 saturated heterocycles. The number of methoxy groups -OCH3 is 1. The normalized spacial score (nSPS) is 10.2. The maximum Gasteiger partial charge on any atom is 0.344 e. The third-order valence-corrected chi connectivity index (χ3v) is 3.55. The van der Waals surface area contributed by atoms with Crippen LogP contribution in [0, 0.1) is 0 Å². The quantitative estimate of drug-likeness (QED) is 0.849. The highest BCUT2D eigenvalue weighted by molar-refractivity contribution is 7.11. The van der Waals surface area contributed by atoms with Crippen LogP contribution >= 0.6 is 23.1 Å². The predicted molar refractivity (Wildman–Crippen MR) is 76.6 cm³/mol. The first kappa shape index (κ1) is 13.6. The van der Waals surface area contributed by atoms with Gasteiger partial charge in [-0.3, -0.25) is 0 Å². The van der Waals surface area contributed by atoms with Crippen molar-refractivity contribution in [3.63, 3.8) is 0 Å². The van der Waals surface area contributed by atoms with Crippen molar-refractivity contribution in [2.75, 3.05) is 18.2 Å². The van der Waals surface area contributed by atoms with Crippen molar-refractivity contribution >= 4 is 39.9 Å². The Morgan fingerprint density at radius 1 is 1.47 bits per heavy atom. The molecule has 0 saturated carbocycles. The summed E-state index contributed by atoms with van der Waals surface area (Å²) in [5.41, 5.74) is 6.96. The molecule has 1 aromatic carbocycles. The summed E-state index contributed by atoms with van der Waals surface area (Å²) >= 11 is 6.94. The number of nitrogens with two attached hydrogens (primary N) is 1. The Morgan fingerprint density at radius 3 is 2.79 bits per heavy atom. The van der Waals surface area contributed by atoms with Crippen LogP contribution in [0.3, 0.4) is 0 Å². The third-order valence-electron chi connectivity index (χ3n) is 2.47. The van der Waals surface area contributed by atoms with Crippen LogP contribution in [0.4, 0.5) is 10.8 Å². The van der Waals surface area contributed by atoms with Crippen LogP contribution in [0.15, 0.2) is 24.3 Å². The fourth-order valence-electron chi connectivity index (χ4n) is 1.51.